The predicted molar refractivity (Wildman–Crippen MR) is 131 cm³/mol. The smallest absolute Gasteiger partial charge is 0.266 e. The highest BCUT2D eigenvalue weighted by Crippen LogP contribution is 2.30. The van der Waals surface area contributed by atoms with Crippen LogP contribution in [-0.4, -0.2) is 23.0 Å². The third kappa shape index (κ3) is 4.79. The summed E-state index contributed by atoms with van der Waals surface area (Å²) in [5.74, 6) is 0.133. The van der Waals surface area contributed by atoms with E-state index in [1.165, 1.54) is 24.8 Å². The van der Waals surface area contributed by atoms with E-state index in [0.29, 0.717) is 37.9 Å². The van der Waals surface area contributed by atoms with Gasteiger partial charge in [0.05, 0.1) is 23.1 Å². The number of carbonyl (C=O) groups excluding carboxylic acids is 1. The normalized spacial score (nSPS) is 11.1. The Hall–Kier alpha value is -3.17. The van der Waals surface area contributed by atoms with Gasteiger partial charge in [-0.2, -0.15) is 0 Å². The van der Waals surface area contributed by atoms with Crippen molar-refractivity contribution in [1.82, 2.24) is 9.97 Å². The Labute approximate surface area is 198 Å². The van der Waals surface area contributed by atoms with Crippen molar-refractivity contribution in [2.45, 2.75) is 31.4 Å². The molecule has 2 aromatic heterocycles. The number of fused-ring (bicyclic) bond motifs is 1. The summed E-state index contributed by atoms with van der Waals surface area (Å²) in [6.07, 6.45) is 0. The predicted octanol–water partition coefficient (Wildman–Crippen LogP) is 5.60. The van der Waals surface area contributed by atoms with Gasteiger partial charge in [0.1, 0.15) is 10.7 Å². The van der Waals surface area contributed by atoms with Crippen molar-refractivity contribution in [3.8, 4) is 5.75 Å². The zero-order valence-electron chi connectivity index (χ0n) is 18.5. The summed E-state index contributed by atoms with van der Waals surface area (Å²) in [7, 11) is 1.37. The van der Waals surface area contributed by atoms with Crippen LogP contribution in [0.5, 0.6) is 5.75 Å². The molecule has 1 amide bonds. The number of thiophene rings is 1. The number of aryl methyl sites for hydroxylation is 3. The van der Waals surface area contributed by atoms with Gasteiger partial charge in [0.25, 0.3) is 11.5 Å². The van der Waals surface area contributed by atoms with Crippen LogP contribution >= 0.6 is 23.1 Å². The standard InChI is InChI=1S/C24H22FN3O3S2/c1-12-5-6-13(2)18(9-12)32-11-19-27-22(29)20-14(3)21(33-24(20)28-19)23(30)26-15-7-8-17(31-4)16(25)10-15/h5-10H,11H2,1-4H3,(H,26,30)(H,27,28,29). The summed E-state index contributed by atoms with van der Waals surface area (Å²) >= 11 is 2.75. The lowest BCUT2D eigenvalue weighted by atomic mass is 10.2. The highest BCUT2D eigenvalue weighted by atomic mass is 32.2. The molecule has 0 aliphatic rings. The number of rotatable bonds is 6. The molecule has 0 aliphatic carbocycles. The van der Waals surface area contributed by atoms with Gasteiger partial charge >= 0.3 is 0 Å². The number of nitrogens with one attached hydrogen (secondary N) is 2. The highest BCUT2D eigenvalue weighted by molar-refractivity contribution is 7.98. The molecule has 0 bridgehead atoms. The summed E-state index contributed by atoms with van der Waals surface area (Å²) < 4.78 is 18.9. The first kappa shape index (κ1) is 23.0. The second-order valence-electron chi connectivity index (χ2n) is 7.61. The fourth-order valence-electron chi connectivity index (χ4n) is 3.41. The number of nitrogens with zero attached hydrogens (tertiary/aromatic N) is 1. The average Bonchev–Trinajstić information content (AvgIpc) is 3.11. The van der Waals surface area contributed by atoms with Crippen LogP contribution in [0.4, 0.5) is 10.1 Å². The van der Waals surface area contributed by atoms with Crippen molar-refractivity contribution in [3.05, 3.63) is 80.0 Å². The minimum absolute atomic E-state index is 0.0908. The monoisotopic (exact) mass is 483 g/mol. The van der Waals surface area contributed by atoms with Crippen LogP contribution in [0.1, 0.15) is 32.2 Å². The number of hydrogen-bond donors (Lipinski definition) is 2. The van der Waals surface area contributed by atoms with Crippen molar-refractivity contribution in [1.29, 1.82) is 0 Å². The number of aromatic amines is 1. The topological polar surface area (TPSA) is 84.1 Å². The number of halogens is 1. The summed E-state index contributed by atoms with van der Waals surface area (Å²) in [5.41, 5.74) is 2.89. The highest BCUT2D eigenvalue weighted by Gasteiger charge is 2.20. The number of methoxy groups -OCH3 is 1. The van der Waals surface area contributed by atoms with E-state index in [9.17, 15) is 14.0 Å². The average molecular weight is 484 g/mol. The molecule has 0 spiro atoms. The minimum atomic E-state index is -0.576. The van der Waals surface area contributed by atoms with E-state index in [4.69, 9.17) is 4.74 Å². The lowest BCUT2D eigenvalue weighted by Gasteiger charge is -2.07. The van der Waals surface area contributed by atoms with E-state index in [2.05, 4.69) is 33.5 Å². The molecular formula is C24H22FN3O3S2. The zero-order valence-corrected chi connectivity index (χ0v) is 20.2. The Morgan fingerprint density at radius 2 is 2.00 bits per heavy atom. The Balaban J connectivity index is 1.59. The van der Waals surface area contributed by atoms with Crippen LogP contribution in [0.15, 0.2) is 46.1 Å². The quantitative estimate of drug-likeness (QED) is 0.349. The zero-order chi connectivity index (χ0) is 23.7. The molecule has 0 radical (unpaired) electrons. The van der Waals surface area contributed by atoms with Gasteiger partial charge in [-0.25, -0.2) is 9.37 Å². The summed E-state index contributed by atoms with van der Waals surface area (Å²) in [6.45, 7) is 5.80. The SMILES string of the molecule is COc1ccc(NC(=O)c2sc3nc(CSc4cc(C)ccc4C)[nH]c(=O)c3c2C)cc1F. The molecule has 2 N–H and O–H groups in total. The van der Waals surface area contributed by atoms with Crippen LogP contribution < -0.4 is 15.6 Å². The Kier molecular flexibility index (Phi) is 6.53. The van der Waals surface area contributed by atoms with Crippen LogP contribution in [0.25, 0.3) is 10.2 Å². The van der Waals surface area contributed by atoms with E-state index >= 15 is 0 Å². The third-order valence-electron chi connectivity index (χ3n) is 5.17. The number of amides is 1. The van der Waals surface area contributed by atoms with Crippen molar-refractivity contribution in [3.63, 3.8) is 0 Å². The van der Waals surface area contributed by atoms with Gasteiger partial charge in [0, 0.05) is 16.6 Å². The fourth-order valence-corrected chi connectivity index (χ4v) is 5.50. The van der Waals surface area contributed by atoms with Gasteiger partial charge < -0.3 is 15.0 Å². The minimum Gasteiger partial charge on any atom is -0.494 e. The summed E-state index contributed by atoms with van der Waals surface area (Å²) in [4.78, 5) is 35.0. The van der Waals surface area contributed by atoms with E-state index in [1.54, 1.807) is 24.8 Å². The Morgan fingerprint density at radius 1 is 1.21 bits per heavy atom. The van der Waals surface area contributed by atoms with Crippen molar-refractivity contribution in [2.75, 3.05) is 12.4 Å². The molecule has 170 valence electrons. The molecule has 4 aromatic rings. The molecule has 2 heterocycles. The second kappa shape index (κ2) is 9.36. The van der Waals surface area contributed by atoms with E-state index in [-0.39, 0.29) is 11.3 Å². The molecule has 0 atom stereocenters. The number of hydrogen-bond acceptors (Lipinski definition) is 6. The number of benzene rings is 2. The molecule has 0 saturated heterocycles. The first-order chi connectivity index (χ1) is 15.8. The number of aromatic nitrogens is 2. The molecule has 0 aliphatic heterocycles. The summed E-state index contributed by atoms with van der Waals surface area (Å²) in [6, 6.07) is 10.4. The van der Waals surface area contributed by atoms with Crippen LogP contribution in [0, 0.1) is 26.6 Å². The second-order valence-corrected chi connectivity index (χ2v) is 9.63. The maximum atomic E-state index is 14.0. The van der Waals surface area contributed by atoms with Gasteiger partial charge in [-0.3, -0.25) is 9.59 Å². The first-order valence-corrected chi connectivity index (χ1v) is 11.9. The van der Waals surface area contributed by atoms with Gasteiger partial charge in [-0.1, -0.05) is 17.7 Å². The molecular weight excluding hydrogens is 461 g/mol. The largest absolute Gasteiger partial charge is 0.494 e. The van der Waals surface area contributed by atoms with Crippen LogP contribution in [0.3, 0.4) is 0 Å². The number of H-pyrrole nitrogens is 1. The molecule has 0 unspecified atom stereocenters. The number of ether oxygens (including phenoxy) is 1. The maximum absolute atomic E-state index is 14.0. The van der Waals surface area contributed by atoms with Gasteiger partial charge in [-0.15, -0.1) is 23.1 Å². The fraction of sp³-hybridized carbons (Fsp3) is 0.208. The van der Waals surface area contributed by atoms with Crippen LogP contribution in [0.2, 0.25) is 0 Å². The van der Waals surface area contributed by atoms with Gasteiger partial charge in [0.15, 0.2) is 11.6 Å². The van der Waals surface area contributed by atoms with E-state index < -0.39 is 11.7 Å². The van der Waals surface area contributed by atoms with Gasteiger partial charge in [0.2, 0.25) is 0 Å². The third-order valence-corrected chi connectivity index (χ3v) is 7.53. The van der Waals surface area contributed by atoms with Crippen molar-refractivity contribution < 1.29 is 13.9 Å². The molecule has 6 nitrogen and oxygen atoms in total. The number of thioether (sulfide) groups is 1. The Morgan fingerprint density at radius 3 is 2.73 bits per heavy atom. The summed E-state index contributed by atoms with van der Waals surface area (Å²) in [5, 5.41) is 3.07. The molecule has 0 saturated carbocycles. The number of carbonyl (C=O) groups is 1. The lowest BCUT2D eigenvalue weighted by Crippen LogP contribution is -2.13. The van der Waals surface area contributed by atoms with Crippen LogP contribution in [-0.2, 0) is 5.75 Å². The van der Waals surface area contributed by atoms with Gasteiger partial charge in [-0.05, 0) is 50.1 Å². The molecule has 0 fully saturated rings. The first-order valence-electron chi connectivity index (χ1n) is 10.1. The lowest BCUT2D eigenvalue weighted by molar-refractivity contribution is 0.103. The maximum Gasteiger partial charge on any atom is 0.266 e. The molecule has 4 rings (SSSR count). The van der Waals surface area contributed by atoms with E-state index in [1.807, 2.05) is 13.8 Å². The molecule has 9 heteroatoms. The van der Waals surface area contributed by atoms with E-state index in [0.717, 1.165) is 21.8 Å². The van der Waals surface area contributed by atoms with Crippen molar-refractivity contribution in [2.24, 2.45) is 0 Å². The Bertz CT molecular complexity index is 1430. The number of anilines is 1. The van der Waals surface area contributed by atoms with Crippen molar-refractivity contribution >= 4 is 44.9 Å². The molecule has 2 aromatic carbocycles. The molecule has 33 heavy (non-hydrogen) atoms.